The Morgan fingerprint density at radius 2 is 0.656 bits per heavy atom. The Labute approximate surface area is 398 Å². The molecule has 4 atom stereocenters. The van der Waals surface area contributed by atoms with E-state index in [9.17, 15) is 25.2 Å². The molecule has 0 radical (unpaired) electrons. The summed E-state index contributed by atoms with van der Waals surface area (Å²) in [6.45, 7) is 4.05. The van der Waals surface area contributed by atoms with Gasteiger partial charge in [0.1, 0.15) is 12.2 Å². The fourth-order valence-electron chi connectivity index (χ4n) is 8.55. The van der Waals surface area contributed by atoms with Gasteiger partial charge in [0.15, 0.2) is 0 Å². The highest BCUT2D eigenvalue weighted by atomic mass is 16.3. The lowest BCUT2D eigenvalue weighted by atomic mass is 10.00. The van der Waals surface area contributed by atoms with Gasteiger partial charge in [0.05, 0.1) is 18.8 Å². The van der Waals surface area contributed by atoms with Crippen molar-refractivity contribution >= 4 is 5.91 Å². The topological polar surface area (TPSA) is 110 Å². The van der Waals surface area contributed by atoms with E-state index < -0.39 is 36.9 Å². The molecule has 5 N–H and O–H groups in total. The normalized spacial score (nSPS) is 14.2. The molecule has 64 heavy (non-hydrogen) atoms. The lowest BCUT2D eigenvalue weighted by Gasteiger charge is -2.27. The van der Waals surface area contributed by atoms with Crippen LogP contribution < -0.4 is 5.32 Å². The monoisotopic (exact) mass is 900 g/mol. The second kappa shape index (κ2) is 52.2. The van der Waals surface area contributed by atoms with E-state index in [2.05, 4.69) is 67.8 Å². The van der Waals surface area contributed by atoms with Gasteiger partial charge in [-0.1, -0.05) is 242 Å². The molecule has 376 valence electrons. The molecule has 0 aromatic carbocycles. The van der Waals surface area contributed by atoms with E-state index in [4.69, 9.17) is 0 Å². The Hall–Kier alpha value is -1.73. The minimum Gasteiger partial charge on any atom is -0.394 e. The van der Waals surface area contributed by atoms with Crippen LogP contribution in [0.15, 0.2) is 48.6 Å². The predicted molar refractivity (Wildman–Crippen MR) is 279 cm³/mol. The van der Waals surface area contributed by atoms with Crippen molar-refractivity contribution in [2.24, 2.45) is 0 Å². The molecule has 0 aliphatic rings. The van der Waals surface area contributed by atoms with Gasteiger partial charge in [-0.3, -0.25) is 4.79 Å². The summed E-state index contributed by atoms with van der Waals surface area (Å²) in [5.74, 6) is -0.607. The van der Waals surface area contributed by atoms with Crippen molar-refractivity contribution in [3.05, 3.63) is 48.6 Å². The van der Waals surface area contributed by atoms with Crippen LogP contribution in [-0.4, -0.2) is 57.3 Å². The summed E-state index contributed by atoms with van der Waals surface area (Å²) in [4.78, 5) is 12.6. The zero-order valence-electron chi connectivity index (χ0n) is 42.5. The summed E-state index contributed by atoms with van der Waals surface area (Å²) in [7, 11) is 0. The second-order valence-electron chi connectivity index (χ2n) is 19.3. The molecule has 4 unspecified atom stereocenters. The van der Waals surface area contributed by atoms with Crippen LogP contribution in [0.5, 0.6) is 0 Å². The molecule has 0 fully saturated rings. The summed E-state index contributed by atoms with van der Waals surface area (Å²) in [5, 5.41) is 43.9. The summed E-state index contributed by atoms with van der Waals surface area (Å²) in [5.41, 5.74) is 0. The first kappa shape index (κ1) is 62.3. The third-order valence-corrected chi connectivity index (χ3v) is 13.0. The number of amides is 1. The van der Waals surface area contributed by atoms with Crippen LogP contribution in [0, 0.1) is 0 Å². The van der Waals surface area contributed by atoms with Crippen molar-refractivity contribution in [3.63, 3.8) is 0 Å². The number of unbranched alkanes of at least 4 members (excludes halogenated alkanes) is 34. The first-order chi connectivity index (χ1) is 31.5. The predicted octanol–water partition coefficient (Wildman–Crippen LogP) is 16.2. The van der Waals surface area contributed by atoms with E-state index in [0.29, 0.717) is 19.3 Å². The van der Waals surface area contributed by atoms with Gasteiger partial charge in [0, 0.05) is 0 Å². The summed E-state index contributed by atoms with van der Waals surface area (Å²) in [6, 6.07) is -1.02. The van der Waals surface area contributed by atoms with Crippen LogP contribution in [0.1, 0.15) is 284 Å². The summed E-state index contributed by atoms with van der Waals surface area (Å²) < 4.78 is 0. The molecule has 6 heteroatoms. The molecule has 1 amide bonds. The van der Waals surface area contributed by atoms with Crippen molar-refractivity contribution < 1.29 is 25.2 Å². The van der Waals surface area contributed by atoms with Crippen LogP contribution in [0.3, 0.4) is 0 Å². The van der Waals surface area contributed by atoms with Gasteiger partial charge in [-0.05, 0) is 89.9 Å². The molecule has 0 rings (SSSR count). The fraction of sp³-hybridized carbons (Fsp3) is 0.845. The van der Waals surface area contributed by atoms with Gasteiger partial charge >= 0.3 is 0 Å². The molecule has 0 heterocycles. The Bertz CT molecular complexity index is 1060. The fourth-order valence-corrected chi connectivity index (χ4v) is 8.55. The Morgan fingerprint density at radius 1 is 0.375 bits per heavy atom. The van der Waals surface area contributed by atoms with Gasteiger partial charge in [0.2, 0.25) is 5.91 Å². The van der Waals surface area contributed by atoms with Gasteiger partial charge in [0.25, 0.3) is 0 Å². The van der Waals surface area contributed by atoms with Crippen LogP contribution in [0.25, 0.3) is 0 Å². The maximum absolute atomic E-state index is 12.6. The zero-order valence-corrected chi connectivity index (χ0v) is 42.5. The number of hydrogen-bond acceptors (Lipinski definition) is 5. The quantitative estimate of drug-likeness (QED) is 0.0309. The van der Waals surface area contributed by atoms with E-state index in [1.54, 1.807) is 0 Å². The standard InChI is InChI=1S/C58H109NO5/c1-3-5-7-9-11-13-15-17-19-21-22-23-24-25-26-27-28-29-30-31-32-33-34-36-37-39-41-43-45-47-49-51-55(61)57(63)54(53-60)59-58(64)56(62)52-50-48-46-44-42-40-38-35-20-18-16-14-12-10-8-6-4-2/h31-32,36-38,40,43,45,54-57,60-63H,3-30,33-35,39,41-42,44,46-53H2,1-2H3,(H,59,64)/b32-31+,37-36+,40-38-,45-43+. The largest absolute Gasteiger partial charge is 0.394 e. The van der Waals surface area contributed by atoms with Crippen LogP contribution in [0.4, 0.5) is 0 Å². The van der Waals surface area contributed by atoms with Crippen molar-refractivity contribution in [2.75, 3.05) is 6.61 Å². The van der Waals surface area contributed by atoms with E-state index >= 15 is 0 Å². The maximum atomic E-state index is 12.6. The highest BCUT2D eigenvalue weighted by molar-refractivity contribution is 5.80. The third kappa shape index (κ3) is 45.4. The van der Waals surface area contributed by atoms with Crippen LogP contribution in [-0.2, 0) is 4.79 Å². The maximum Gasteiger partial charge on any atom is 0.249 e. The lowest BCUT2D eigenvalue weighted by Crippen LogP contribution is -2.53. The lowest BCUT2D eigenvalue weighted by molar-refractivity contribution is -0.132. The molecule has 0 saturated heterocycles. The third-order valence-electron chi connectivity index (χ3n) is 13.0. The van der Waals surface area contributed by atoms with Crippen LogP contribution in [0.2, 0.25) is 0 Å². The Kier molecular flexibility index (Phi) is 50.8. The van der Waals surface area contributed by atoms with Crippen molar-refractivity contribution in [2.45, 2.75) is 308 Å². The molecular formula is C58H109NO5. The number of hydrogen-bond donors (Lipinski definition) is 5. The smallest absolute Gasteiger partial charge is 0.249 e. The highest BCUT2D eigenvalue weighted by Crippen LogP contribution is 2.16. The van der Waals surface area contributed by atoms with E-state index in [1.807, 2.05) is 0 Å². The molecule has 0 aromatic heterocycles. The van der Waals surface area contributed by atoms with Crippen molar-refractivity contribution in [3.8, 4) is 0 Å². The number of nitrogens with one attached hydrogen (secondary N) is 1. The molecule has 0 aromatic rings. The highest BCUT2D eigenvalue weighted by Gasteiger charge is 2.28. The van der Waals surface area contributed by atoms with E-state index in [1.165, 1.54) is 186 Å². The number of allylic oxidation sites excluding steroid dienone is 8. The Morgan fingerprint density at radius 3 is 0.984 bits per heavy atom. The van der Waals surface area contributed by atoms with E-state index in [0.717, 1.165) is 64.2 Å². The molecule has 0 saturated carbocycles. The van der Waals surface area contributed by atoms with Crippen LogP contribution >= 0.6 is 0 Å². The number of carbonyl (C=O) groups excluding carboxylic acids is 1. The van der Waals surface area contributed by atoms with Gasteiger partial charge in [-0.15, -0.1) is 0 Å². The minimum absolute atomic E-state index is 0.343. The van der Waals surface area contributed by atoms with Crippen molar-refractivity contribution in [1.29, 1.82) is 0 Å². The molecule has 0 bridgehead atoms. The summed E-state index contributed by atoms with van der Waals surface area (Å²) >= 11 is 0. The average Bonchev–Trinajstić information content (AvgIpc) is 3.30. The summed E-state index contributed by atoms with van der Waals surface area (Å²) in [6.07, 6.45) is 66.2. The number of rotatable bonds is 51. The van der Waals surface area contributed by atoms with Crippen molar-refractivity contribution in [1.82, 2.24) is 5.32 Å². The molecule has 6 nitrogen and oxygen atoms in total. The van der Waals surface area contributed by atoms with Gasteiger partial charge in [-0.2, -0.15) is 0 Å². The number of aliphatic hydroxyl groups excluding tert-OH is 4. The van der Waals surface area contributed by atoms with Gasteiger partial charge < -0.3 is 25.7 Å². The molecule has 0 aliphatic heterocycles. The first-order valence-corrected chi connectivity index (χ1v) is 28.0. The zero-order chi connectivity index (χ0) is 46.7. The molecule has 0 aliphatic carbocycles. The number of aliphatic hydroxyl groups is 4. The first-order valence-electron chi connectivity index (χ1n) is 28.0. The number of carbonyl (C=O) groups is 1. The second-order valence-corrected chi connectivity index (χ2v) is 19.3. The molecular weight excluding hydrogens is 791 g/mol. The Balaban J connectivity index is 3.71. The average molecular weight is 901 g/mol. The van der Waals surface area contributed by atoms with Gasteiger partial charge in [-0.25, -0.2) is 0 Å². The SMILES string of the molecule is CCCCCCCCCCC/C=C\CCCCCCC(O)C(=O)NC(CO)C(O)C(O)CCC/C=C/CC/C=C/CC/C=C/CCCCCCCCCCCCCCCCCCCC. The molecule has 0 spiro atoms. The van der Waals surface area contributed by atoms with E-state index in [-0.39, 0.29) is 0 Å². The minimum atomic E-state index is -1.30.